The maximum absolute atomic E-state index is 12.4. The van der Waals surface area contributed by atoms with Gasteiger partial charge in [-0.15, -0.1) is 0 Å². The summed E-state index contributed by atoms with van der Waals surface area (Å²) in [4.78, 5) is 23.4. The van der Waals surface area contributed by atoms with Crippen LogP contribution in [0.3, 0.4) is 0 Å². The number of esters is 1. The molecule has 0 atom stereocenters. The van der Waals surface area contributed by atoms with E-state index in [1.807, 2.05) is 24.3 Å². The molecule has 122 valence electrons. The fourth-order valence-corrected chi connectivity index (χ4v) is 2.53. The second-order valence-corrected chi connectivity index (χ2v) is 6.01. The zero-order valence-electron chi connectivity index (χ0n) is 13.8. The molecule has 0 radical (unpaired) electrons. The first-order valence-electron chi connectivity index (χ1n) is 7.80. The van der Waals surface area contributed by atoms with Gasteiger partial charge in [0.1, 0.15) is 11.5 Å². The first-order valence-corrected chi connectivity index (χ1v) is 7.80. The maximum atomic E-state index is 12.4. The van der Waals surface area contributed by atoms with Crippen molar-refractivity contribution in [1.82, 2.24) is 0 Å². The number of fused-ring (bicyclic) bond motifs is 1. The van der Waals surface area contributed by atoms with Crippen LogP contribution in [0.25, 0.3) is 6.08 Å². The monoisotopic (exact) mass is 322 g/mol. The molecule has 2 aromatic rings. The molecule has 0 saturated carbocycles. The molecule has 0 saturated heterocycles. The molecular formula is C20H18O4. The van der Waals surface area contributed by atoms with Crippen molar-refractivity contribution < 1.29 is 19.1 Å². The van der Waals surface area contributed by atoms with Gasteiger partial charge in [0.2, 0.25) is 5.78 Å². The molecule has 0 aliphatic carbocycles. The summed E-state index contributed by atoms with van der Waals surface area (Å²) in [5, 5.41) is 0. The van der Waals surface area contributed by atoms with E-state index in [0.29, 0.717) is 23.0 Å². The topological polar surface area (TPSA) is 52.6 Å². The molecule has 24 heavy (non-hydrogen) atoms. The van der Waals surface area contributed by atoms with Crippen LogP contribution >= 0.6 is 0 Å². The Bertz CT molecular complexity index is 829. The summed E-state index contributed by atoms with van der Waals surface area (Å²) in [7, 11) is 0. The number of Topliss-reactive ketones (excluding diaryl/α,β-unsaturated/α-hetero) is 1. The number of hydrogen-bond acceptors (Lipinski definition) is 4. The van der Waals surface area contributed by atoms with Gasteiger partial charge in [0.15, 0.2) is 5.76 Å². The Kier molecular flexibility index (Phi) is 4.21. The predicted octanol–water partition coefficient (Wildman–Crippen LogP) is 4.35. The van der Waals surface area contributed by atoms with Crippen LogP contribution in [0.4, 0.5) is 0 Å². The molecule has 0 amide bonds. The predicted molar refractivity (Wildman–Crippen MR) is 91.2 cm³/mol. The summed E-state index contributed by atoms with van der Waals surface area (Å²) in [6.07, 6.45) is 1.72. The minimum absolute atomic E-state index is 0.174. The Morgan fingerprint density at radius 2 is 1.83 bits per heavy atom. The SMILES string of the molecule is CC(=O)Oc1ccc2c(c1)O/C(=C/c1ccc(C(C)C)cc1)C2=O. The summed E-state index contributed by atoms with van der Waals surface area (Å²) in [6.45, 7) is 5.59. The summed E-state index contributed by atoms with van der Waals surface area (Å²) < 4.78 is 10.7. The summed E-state index contributed by atoms with van der Waals surface area (Å²) in [5.41, 5.74) is 2.61. The Morgan fingerprint density at radius 1 is 1.12 bits per heavy atom. The lowest BCUT2D eigenvalue weighted by atomic mass is 10.0. The van der Waals surface area contributed by atoms with E-state index < -0.39 is 5.97 Å². The second kappa shape index (κ2) is 6.32. The van der Waals surface area contributed by atoms with E-state index in [1.165, 1.54) is 12.5 Å². The molecule has 1 heterocycles. The number of ketones is 1. The number of allylic oxidation sites excluding steroid dienone is 1. The van der Waals surface area contributed by atoms with E-state index in [9.17, 15) is 9.59 Å². The smallest absolute Gasteiger partial charge is 0.308 e. The van der Waals surface area contributed by atoms with Crippen LogP contribution in [0.5, 0.6) is 11.5 Å². The quantitative estimate of drug-likeness (QED) is 0.479. The van der Waals surface area contributed by atoms with Crippen molar-refractivity contribution in [2.45, 2.75) is 26.7 Å². The fraction of sp³-hybridized carbons (Fsp3) is 0.200. The zero-order chi connectivity index (χ0) is 17.3. The van der Waals surface area contributed by atoms with Crippen molar-refractivity contribution in [2.75, 3.05) is 0 Å². The minimum Gasteiger partial charge on any atom is -0.452 e. The number of carbonyl (C=O) groups excluding carboxylic acids is 2. The highest BCUT2D eigenvalue weighted by Crippen LogP contribution is 2.35. The van der Waals surface area contributed by atoms with Crippen molar-refractivity contribution >= 4 is 17.8 Å². The van der Waals surface area contributed by atoms with Crippen LogP contribution in [0, 0.1) is 0 Å². The highest BCUT2D eigenvalue weighted by Gasteiger charge is 2.27. The van der Waals surface area contributed by atoms with Gasteiger partial charge >= 0.3 is 5.97 Å². The molecule has 1 aliphatic heterocycles. The van der Waals surface area contributed by atoms with Crippen molar-refractivity contribution in [3.63, 3.8) is 0 Å². The lowest BCUT2D eigenvalue weighted by molar-refractivity contribution is -0.131. The van der Waals surface area contributed by atoms with Gasteiger partial charge in [0.25, 0.3) is 0 Å². The number of hydrogen-bond donors (Lipinski definition) is 0. The molecule has 3 rings (SSSR count). The zero-order valence-corrected chi connectivity index (χ0v) is 13.8. The molecule has 1 aliphatic rings. The molecule has 0 bridgehead atoms. The van der Waals surface area contributed by atoms with Crippen molar-refractivity contribution in [2.24, 2.45) is 0 Å². The van der Waals surface area contributed by atoms with Crippen LogP contribution in [0.15, 0.2) is 48.2 Å². The maximum Gasteiger partial charge on any atom is 0.308 e. The number of rotatable bonds is 3. The van der Waals surface area contributed by atoms with E-state index in [1.54, 1.807) is 24.3 Å². The van der Waals surface area contributed by atoms with Gasteiger partial charge in [-0.2, -0.15) is 0 Å². The summed E-state index contributed by atoms with van der Waals surface area (Å²) >= 11 is 0. The van der Waals surface area contributed by atoms with E-state index in [-0.39, 0.29) is 11.5 Å². The van der Waals surface area contributed by atoms with Gasteiger partial charge < -0.3 is 9.47 Å². The van der Waals surface area contributed by atoms with Crippen LogP contribution < -0.4 is 9.47 Å². The number of carbonyl (C=O) groups is 2. The Balaban J connectivity index is 1.85. The van der Waals surface area contributed by atoms with Gasteiger partial charge in [0.05, 0.1) is 5.56 Å². The van der Waals surface area contributed by atoms with E-state index in [2.05, 4.69) is 13.8 Å². The molecule has 4 nitrogen and oxygen atoms in total. The number of ether oxygens (including phenoxy) is 2. The lowest BCUT2D eigenvalue weighted by Crippen LogP contribution is -2.01. The third kappa shape index (κ3) is 3.23. The Hall–Kier alpha value is -2.88. The first-order chi connectivity index (χ1) is 11.4. The second-order valence-electron chi connectivity index (χ2n) is 6.01. The third-order valence-corrected chi connectivity index (χ3v) is 3.80. The molecule has 2 aromatic carbocycles. The third-order valence-electron chi connectivity index (χ3n) is 3.80. The first kappa shape index (κ1) is 16.0. The Labute approximate surface area is 140 Å². The van der Waals surface area contributed by atoms with Gasteiger partial charge in [-0.05, 0) is 35.3 Å². The molecule has 0 fully saturated rings. The highest BCUT2D eigenvalue weighted by atomic mass is 16.5. The van der Waals surface area contributed by atoms with E-state index >= 15 is 0 Å². The van der Waals surface area contributed by atoms with Gasteiger partial charge in [0, 0.05) is 13.0 Å². The Morgan fingerprint density at radius 3 is 2.46 bits per heavy atom. The van der Waals surface area contributed by atoms with Gasteiger partial charge in [-0.25, -0.2) is 0 Å². The molecule has 0 N–H and O–H groups in total. The minimum atomic E-state index is -0.416. The molecule has 0 unspecified atom stereocenters. The lowest BCUT2D eigenvalue weighted by Gasteiger charge is -2.05. The summed E-state index contributed by atoms with van der Waals surface area (Å²) in [6, 6.07) is 12.8. The van der Waals surface area contributed by atoms with Crippen LogP contribution in [-0.4, -0.2) is 11.8 Å². The summed E-state index contributed by atoms with van der Waals surface area (Å²) in [5.74, 6) is 0.898. The van der Waals surface area contributed by atoms with E-state index in [0.717, 1.165) is 5.56 Å². The average molecular weight is 322 g/mol. The van der Waals surface area contributed by atoms with Crippen LogP contribution in [0.2, 0.25) is 0 Å². The van der Waals surface area contributed by atoms with E-state index in [4.69, 9.17) is 9.47 Å². The standard InChI is InChI=1S/C20H18O4/c1-12(2)15-6-4-14(5-7-15)10-19-20(22)17-9-8-16(23-13(3)21)11-18(17)24-19/h4-12H,1-3H3/b19-10+. The molecular weight excluding hydrogens is 304 g/mol. The van der Waals surface area contributed by atoms with Gasteiger partial charge in [-0.3, -0.25) is 9.59 Å². The normalized spacial score (nSPS) is 14.7. The fourth-order valence-electron chi connectivity index (χ4n) is 2.53. The highest BCUT2D eigenvalue weighted by molar-refractivity contribution is 6.14. The van der Waals surface area contributed by atoms with Crippen molar-refractivity contribution in [3.8, 4) is 11.5 Å². The molecule has 0 aromatic heterocycles. The molecule has 0 spiro atoms. The van der Waals surface area contributed by atoms with Crippen LogP contribution in [0.1, 0.15) is 48.2 Å². The average Bonchev–Trinajstić information content (AvgIpc) is 2.83. The van der Waals surface area contributed by atoms with Crippen molar-refractivity contribution in [1.29, 1.82) is 0 Å². The van der Waals surface area contributed by atoms with Crippen molar-refractivity contribution in [3.05, 3.63) is 64.9 Å². The largest absolute Gasteiger partial charge is 0.452 e. The van der Waals surface area contributed by atoms with Gasteiger partial charge in [-0.1, -0.05) is 38.1 Å². The van der Waals surface area contributed by atoms with Crippen LogP contribution in [-0.2, 0) is 4.79 Å². The molecule has 4 heteroatoms. The number of benzene rings is 2.